The van der Waals surface area contributed by atoms with E-state index in [0.717, 1.165) is 6.42 Å². The van der Waals surface area contributed by atoms with Crippen molar-refractivity contribution in [3.05, 3.63) is 34.5 Å². The zero-order valence-electron chi connectivity index (χ0n) is 7.88. The molecule has 0 aliphatic heterocycles. The summed E-state index contributed by atoms with van der Waals surface area (Å²) in [4.78, 5) is 13.9. The van der Waals surface area contributed by atoms with Crippen LogP contribution in [0.4, 0.5) is 4.39 Å². The number of aromatic nitrogens is 2. The van der Waals surface area contributed by atoms with Crippen molar-refractivity contribution >= 4 is 11.0 Å². The van der Waals surface area contributed by atoms with Crippen molar-refractivity contribution in [2.75, 3.05) is 0 Å². The first kappa shape index (κ1) is 8.99. The van der Waals surface area contributed by atoms with Gasteiger partial charge in [0.05, 0.1) is 5.52 Å². The Morgan fingerprint density at radius 2 is 2.29 bits per heavy atom. The fourth-order valence-electron chi connectivity index (χ4n) is 1.59. The third kappa shape index (κ3) is 1.23. The van der Waals surface area contributed by atoms with Crippen LogP contribution in [0.25, 0.3) is 11.0 Å². The van der Waals surface area contributed by atoms with Crippen LogP contribution in [-0.2, 0) is 6.54 Å². The average Bonchev–Trinajstić information content (AvgIpc) is 2.47. The van der Waals surface area contributed by atoms with Gasteiger partial charge >= 0.3 is 5.69 Å². The molecule has 0 fully saturated rings. The predicted molar refractivity (Wildman–Crippen MR) is 52.8 cm³/mol. The molecule has 1 heterocycles. The number of H-pyrrole nitrogens is 1. The normalized spacial score (nSPS) is 11.0. The first-order chi connectivity index (χ1) is 6.74. The number of benzene rings is 1. The molecule has 0 radical (unpaired) electrons. The molecule has 2 rings (SSSR count). The Labute approximate surface area is 80.2 Å². The molecule has 0 saturated carbocycles. The van der Waals surface area contributed by atoms with E-state index in [9.17, 15) is 9.18 Å². The molecular weight excluding hydrogens is 183 g/mol. The Morgan fingerprint density at radius 3 is 3.00 bits per heavy atom. The van der Waals surface area contributed by atoms with Gasteiger partial charge < -0.3 is 4.98 Å². The van der Waals surface area contributed by atoms with Gasteiger partial charge in [0.2, 0.25) is 0 Å². The lowest BCUT2D eigenvalue weighted by atomic mass is 10.3. The van der Waals surface area contributed by atoms with Crippen molar-refractivity contribution < 1.29 is 4.39 Å². The lowest BCUT2D eigenvalue weighted by Crippen LogP contribution is -2.16. The molecule has 74 valence electrons. The smallest absolute Gasteiger partial charge is 0.303 e. The molecule has 2 aromatic rings. The number of rotatable bonds is 2. The molecule has 14 heavy (non-hydrogen) atoms. The molecule has 4 heteroatoms. The van der Waals surface area contributed by atoms with E-state index < -0.39 is 0 Å². The minimum atomic E-state index is -0.380. The van der Waals surface area contributed by atoms with Gasteiger partial charge in [-0.15, -0.1) is 0 Å². The second-order valence-corrected chi connectivity index (χ2v) is 3.22. The molecule has 1 aromatic carbocycles. The fraction of sp³-hybridized carbons (Fsp3) is 0.300. The third-order valence-electron chi connectivity index (χ3n) is 2.21. The zero-order valence-corrected chi connectivity index (χ0v) is 7.88. The van der Waals surface area contributed by atoms with Crippen LogP contribution in [0.5, 0.6) is 0 Å². The largest absolute Gasteiger partial charge is 0.326 e. The second-order valence-electron chi connectivity index (χ2n) is 3.22. The molecular formula is C10H11FN2O. The van der Waals surface area contributed by atoms with E-state index in [4.69, 9.17) is 0 Å². The summed E-state index contributed by atoms with van der Waals surface area (Å²) >= 11 is 0. The molecule has 0 saturated heterocycles. The number of hydrogen-bond donors (Lipinski definition) is 1. The molecule has 0 unspecified atom stereocenters. The van der Waals surface area contributed by atoms with Crippen LogP contribution < -0.4 is 5.69 Å². The van der Waals surface area contributed by atoms with E-state index in [1.54, 1.807) is 16.7 Å². The van der Waals surface area contributed by atoms with Crippen LogP contribution in [-0.4, -0.2) is 9.55 Å². The van der Waals surface area contributed by atoms with Crippen LogP contribution in [0.1, 0.15) is 13.3 Å². The summed E-state index contributed by atoms with van der Waals surface area (Å²) in [7, 11) is 0. The summed E-state index contributed by atoms with van der Waals surface area (Å²) in [6.07, 6.45) is 0.851. The van der Waals surface area contributed by atoms with Crippen LogP contribution in [0.3, 0.4) is 0 Å². The number of nitrogens with one attached hydrogen (secondary N) is 1. The van der Waals surface area contributed by atoms with E-state index in [-0.39, 0.29) is 11.5 Å². The summed E-state index contributed by atoms with van der Waals surface area (Å²) in [5.41, 5.74) is 0.690. The molecule has 0 spiro atoms. The minimum absolute atomic E-state index is 0.244. The first-order valence-electron chi connectivity index (χ1n) is 4.61. The molecule has 0 amide bonds. The van der Waals surface area contributed by atoms with Gasteiger partial charge in [-0.2, -0.15) is 0 Å². The van der Waals surface area contributed by atoms with Gasteiger partial charge in [-0.1, -0.05) is 13.0 Å². The maximum Gasteiger partial charge on any atom is 0.326 e. The van der Waals surface area contributed by atoms with E-state index in [2.05, 4.69) is 4.98 Å². The lowest BCUT2D eigenvalue weighted by Gasteiger charge is -1.99. The Kier molecular flexibility index (Phi) is 2.11. The van der Waals surface area contributed by atoms with Gasteiger partial charge in [0.1, 0.15) is 11.3 Å². The number of fused-ring (bicyclic) bond motifs is 1. The minimum Gasteiger partial charge on any atom is -0.303 e. The topological polar surface area (TPSA) is 37.8 Å². The van der Waals surface area contributed by atoms with Crippen molar-refractivity contribution in [1.29, 1.82) is 0 Å². The van der Waals surface area contributed by atoms with Crippen LogP contribution in [0, 0.1) is 5.82 Å². The number of aromatic amines is 1. The standard InChI is InChI=1S/C10H11FN2O/c1-2-6-13-8-5-3-4-7(11)9(8)12-10(13)14/h3-5H,2,6H2,1H3,(H,12,14). The molecule has 0 atom stereocenters. The van der Waals surface area contributed by atoms with Crippen molar-refractivity contribution in [3.8, 4) is 0 Å². The highest BCUT2D eigenvalue weighted by molar-refractivity contribution is 5.75. The van der Waals surface area contributed by atoms with E-state index in [1.165, 1.54) is 6.07 Å². The summed E-state index contributed by atoms with van der Waals surface area (Å²) in [5.74, 6) is -0.380. The fourth-order valence-corrected chi connectivity index (χ4v) is 1.59. The highest BCUT2D eigenvalue weighted by Gasteiger charge is 2.08. The average molecular weight is 194 g/mol. The van der Waals surface area contributed by atoms with Crippen molar-refractivity contribution in [2.45, 2.75) is 19.9 Å². The lowest BCUT2D eigenvalue weighted by molar-refractivity contribution is 0.637. The summed E-state index contributed by atoms with van der Waals surface area (Å²) in [6.45, 7) is 2.59. The molecule has 1 N–H and O–H groups in total. The second kappa shape index (κ2) is 3.29. The van der Waals surface area contributed by atoms with E-state index in [1.807, 2.05) is 6.92 Å². The highest BCUT2D eigenvalue weighted by Crippen LogP contribution is 2.13. The monoisotopic (exact) mass is 194 g/mol. The number of nitrogens with zero attached hydrogens (tertiary/aromatic N) is 1. The number of imidazole rings is 1. The number of para-hydroxylation sites is 1. The van der Waals surface area contributed by atoms with Gasteiger partial charge in [-0.05, 0) is 18.6 Å². The molecule has 0 bridgehead atoms. The molecule has 1 aromatic heterocycles. The summed E-state index contributed by atoms with van der Waals surface area (Å²) in [6, 6.07) is 4.69. The Balaban J connectivity index is 2.77. The molecule has 0 aliphatic rings. The predicted octanol–water partition coefficient (Wildman–Crippen LogP) is 1.88. The SMILES string of the molecule is CCCn1c(=O)[nH]c2c(F)cccc21. The number of hydrogen-bond acceptors (Lipinski definition) is 1. The van der Waals surface area contributed by atoms with Gasteiger partial charge in [0.25, 0.3) is 0 Å². The maximum absolute atomic E-state index is 13.2. The van der Waals surface area contributed by atoms with Crippen LogP contribution in [0.15, 0.2) is 23.0 Å². The van der Waals surface area contributed by atoms with E-state index in [0.29, 0.717) is 17.6 Å². The number of aryl methyl sites for hydroxylation is 1. The Bertz CT molecular complexity index is 512. The maximum atomic E-state index is 13.2. The van der Waals surface area contributed by atoms with Gasteiger partial charge in [0.15, 0.2) is 0 Å². The van der Waals surface area contributed by atoms with Crippen molar-refractivity contribution in [1.82, 2.24) is 9.55 Å². The summed E-state index contributed by atoms with van der Waals surface area (Å²) < 4.78 is 14.8. The molecule has 3 nitrogen and oxygen atoms in total. The van der Waals surface area contributed by atoms with Crippen LogP contribution in [0.2, 0.25) is 0 Å². The number of halogens is 1. The van der Waals surface area contributed by atoms with Crippen LogP contribution >= 0.6 is 0 Å². The first-order valence-corrected chi connectivity index (χ1v) is 4.61. The zero-order chi connectivity index (χ0) is 10.1. The Morgan fingerprint density at radius 1 is 1.50 bits per heavy atom. The summed E-state index contributed by atoms with van der Waals surface area (Å²) in [5, 5.41) is 0. The van der Waals surface area contributed by atoms with E-state index >= 15 is 0 Å². The van der Waals surface area contributed by atoms with Crippen molar-refractivity contribution in [3.63, 3.8) is 0 Å². The Hall–Kier alpha value is -1.58. The van der Waals surface area contributed by atoms with Crippen molar-refractivity contribution in [2.24, 2.45) is 0 Å². The quantitative estimate of drug-likeness (QED) is 0.778. The third-order valence-corrected chi connectivity index (χ3v) is 2.21. The molecule has 0 aliphatic carbocycles. The van der Waals surface area contributed by atoms with Gasteiger partial charge in [-0.3, -0.25) is 4.57 Å². The van der Waals surface area contributed by atoms with Gasteiger partial charge in [-0.25, -0.2) is 9.18 Å². The van der Waals surface area contributed by atoms with Gasteiger partial charge in [0, 0.05) is 6.54 Å². The highest BCUT2D eigenvalue weighted by atomic mass is 19.1.